The normalized spacial score (nSPS) is 24.6. The summed E-state index contributed by atoms with van der Waals surface area (Å²) in [6, 6.07) is 7.17. The van der Waals surface area contributed by atoms with Crippen LogP contribution in [0.1, 0.15) is 48.7 Å². The summed E-state index contributed by atoms with van der Waals surface area (Å²) in [4.78, 5) is 25.4. The van der Waals surface area contributed by atoms with Crippen molar-refractivity contribution in [2.45, 2.75) is 44.3 Å². The monoisotopic (exact) mass is 485 g/mol. The van der Waals surface area contributed by atoms with E-state index in [-0.39, 0.29) is 39.8 Å². The van der Waals surface area contributed by atoms with Crippen LogP contribution in [0, 0.1) is 11.7 Å². The molecule has 1 aliphatic carbocycles. The Balaban J connectivity index is 1.63. The Kier molecular flexibility index (Phi) is 6.53. The van der Waals surface area contributed by atoms with Crippen LogP contribution in [0.5, 0.6) is 0 Å². The van der Waals surface area contributed by atoms with Gasteiger partial charge in [-0.25, -0.2) is 14.4 Å². The highest BCUT2D eigenvalue weighted by Crippen LogP contribution is 2.43. The number of carbonyl (C=O) groups excluding carboxylic acids is 1. The molecule has 0 saturated heterocycles. The van der Waals surface area contributed by atoms with E-state index in [0.29, 0.717) is 18.5 Å². The van der Waals surface area contributed by atoms with Crippen LogP contribution in [0.3, 0.4) is 0 Å². The first kappa shape index (κ1) is 24.0. The van der Waals surface area contributed by atoms with Crippen molar-refractivity contribution in [3.63, 3.8) is 0 Å². The third-order valence-corrected chi connectivity index (χ3v) is 6.77. The maximum Gasteiger partial charge on any atom is 0.276 e. The van der Waals surface area contributed by atoms with Crippen LogP contribution in [0.15, 0.2) is 42.7 Å². The maximum atomic E-state index is 14.3. The molecular weight excluding hydrogens is 461 g/mol. The molecule has 34 heavy (non-hydrogen) atoms. The molecule has 1 aliphatic rings. The second-order valence-electron chi connectivity index (χ2n) is 8.83. The van der Waals surface area contributed by atoms with E-state index in [9.17, 15) is 19.4 Å². The fraction of sp³-hybridized carbons (Fsp3) is 0.333. The molecule has 0 unspecified atom stereocenters. The molecule has 0 bridgehead atoms. The number of aliphatic hydroxyl groups excluding tert-OH is 1. The molecule has 1 amide bonds. The minimum atomic E-state index is -1.19. The quantitative estimate of drug-likeness (QED) is 0.413. The average Bonchev–Trinajstić information content (AvgIpc) is 2.80. The molecule has 1 saturated carbocycles. The van der Waals surface area contributed by atoms with E-state index in [1.54, 1.807) is 19.2 Å². The predicted molar refractivity (Wildman–Crippen MR) is 127 cm³/mol. The summed E-state index contributed by atoms with van der Waals surface area (Å²) >= 11 is 5.89. The summed E-state index contributed by atoms with van der Waals surface area (Å²) in [5.74, 6) is -1.51. The molecule has 3 aromatic rings. The van der Waals surface area contributed by atoms with Crippen molar-refractivity contribution < 1.29 is 19.4 Å². The van der Waals surface area contributed by atoms with E-state index >= 15 is 0 Å². The Hall–Kier alpha value is -3.14. The Morgan fingerprint density at radius 3 is 2.74 bits per heavy atom. The molecule has 5 N–H and O–H groups in total. The van der Waals surface area contributed by atoms with Gasteiger partial charge in [0.15, 0.2) is 11.5 Å². The van der Waals surface area contributed by atoms with Gasteiger partial charge in [0.25, 0.3) is 5.91 Å². The number of hydrogen-bond donors (Lipinski definition) is 4. The molecule has 0 aromatic carbocycles. The number of amides is 1. The summed E-state index contributed by atoms with van der Waals surface area (Å²) in [5.41, 5.74) is 6.05. The number of hydrogen-bond acceptors (Lipinski definition) is 7. The van der Waals surface area contributed by atoms with Gasteiger partial charge in [-0.15, -0.1) is 0 Å². The number of aliphatic hydroxyl groups is 2. The molecule has 0 radical (unpaired) electrons. The minimum absolute atomic E-state index is 0.0869. The van der Waals surface area contributed by atoms with Crippen LogP contribution >= 0.6 is 11.6 Å². The maximum absolute atomic E-state index is 14.3. The minimum Gasteiger partial charge on any atom is -0.397 e. The summed E-state index contributed by atoms with van der Waals surface area (Å²) in [6.07, 6.45) is 3.16. The number of aromatic nitrogens is 3. The average molecular weight is 486 g/mol. The third-order valence-electron chi connectivity index (χ3n) is 6.56. The highest BCUT2D eigenvalue weighted by Gasteiger charge is 2.43. The lowest BCUT2D eigenvalue weighted by Gasteiger charge is -2.43. The number of carbonyl (C=O) groups is 1. The van der Waals surface area contributed by atoms with Crippen LogP contribution in [-0.2, 0) is 0 Å². The van der Waals surface area contributed by atoms with Crippen LogP contribution in [0.4, 0.5) is 15.8 Å². The molecule has 0 spiro atoms. The van der Waals surface area contributed by atoms with E-state index in [1.165, 1.54) is 30.5 Å². The van der Waals surface area contributed by atoms with Crippen LogP contribution in [0.25, 0.3) is 11.4 Å². The van der Waals surface area contributed by atoms with Crippen molar-refractivity contribution in [3.8, 4) is 11.4 Å². The van der Waals surface area contributed by atoms with Gasteiger partial charge in [0.05, 0.1) is 35.0 Å². The highest BCUT2D eigenvalue weighted by atomic mass is 35.5. The molecule has 4 atom stereocenters. The predicted octanol–water partition coefficient (Wildman–Crippen LogP) is 3.79. The standard InChI is InChI=1S/C24H25ClFN5O3/c1-12-9-13(10-19(32)24(12,2)34)14-7-8-28-11-18(14)30-23(33)22-16(27)4-5-17(29-22)21-15(26)3-6-20(25)31-21/h3-8,11-13,19,32,34H,9-10,27H2,1-2H3,(H,30,33)/t12-,13+,19+,24+/m0/s1. The Bertz CT molecular complexity index is 1220. The first-order valence-electron chi connectivity index (χ1n) is 10.8. The second-order valence-corrected chi connectivity index (χ2v) is 9.21. The van der Waals surface area contributed by atoms with Crippen molar-refractivity contribution >= 4 is 28.9 Å². The van der Waals surface area contributed by atoms with E-state index in [0.717, 1.165) is 5.56 Å². The van der Waals surface area contributed by atoms with Crippen molar-refractivity contribution in [3.05, 3.63) is 65.0 Å². The zero-order chi connectivity index (χ0) is 24.6. The van der Waals surface area contributed by atoms with Gasteiger partial charge in [-0.1, -0.05) is 18.5 Å². The largest absolute Gasteiger partial charge is 0.397 e. The van der Waals surface area contributed by atoms with Crippen molar-refractivity contribution in [1.29, 1.82) is 0 Å². The smallest absolute Gasteiger partial charge is 0.276 e. The Morgan fingerprint density at radius 2 is 2.00 bits per heavy atom. The second kappa shape index (κ2) is 9.25. The fourth-order valence-electron chi connectivity index (χ4n) is 4.28. The van der Waals surface area contributed by atoms with Crippen molar-refractivity contribution in [2.75, 3.05) is 11.1 Å². The van der Waals surface area contributed by atoms with Crippen molar-refractivity contribution in [1.82, 2.24) is 15.0 Å². The lowest BCUT2D eigenvalue weighted by Crippen LogP contribution is -2.49. The molecule has 3 aromatic heterocycles. The molecule has 0 aliphatic heterocycles. The van der Waals surface area contributed by atoms with Gasteiger partial charge in [-0.3, -0.25) is 9.78 Å². The summed E-state index contributed by atoms with van der Waals surface area (Å²) < 4.78 is 14.3. The Morgan fingerprint density at radius 1 is 1.24 bits per heavy atom. The number of pyridine rings is 3. The molecule has 3 heterocycles. The van der Waals surface area contributed by atoms with Gasteiger partial charge < -0.3 is 21.3 Å². The number of anilines is 2. The lowest BCUT2D eigenvalue weighted by atomic mass is 9.69. The molecule has 8 nitrogen and oxygen atoms in total. The first-order chi connectivity index (χ1) is 16.1. The topological polar surface area (TPSA) is 134 Å². The highest BCUT2D eigenvalue weighted by molar-refractivity contribution is 6.29. The van der Waals surface area contributed by atoms with Crippen LogP contribution < -0.4 is 11.1 Å². The van der Waals surface area contributed by atoms with Gasteiger partial charge in [-0.05, 0) is 67.5 Å². The van der Waals surface area contributed by atoms with Gasteiger partial charge in [-0.2, -0.15) is 0 Å². The zero-order valence-electron chi connectivity index (χ0n) is 18.7. The summed E-state index contributed by atoms with van der Waals surface area (Å²) in [7, 11) is 0. The Labute approximate surface area is 201 Å². The number of nitrogens with one attached hydrogen (secondary N) is 1. The van der Waals surface area contributed by atoms with E-state index in [2.05, 4.69) is 20.3 Å². The summed E-state index contributed by atoms with van der Waals surface area (Å²) in [6.45, 7) is 3.51. The van der Waals surface area contributed by atoms with Gasteiger partial charge >= 0.3 is 0 Å². The molecular formula is C24H25ClFN5O3. The first-order valence-corrected chi connectivity index (χ1v) is 11.2. The lowest BCUT2D eigenvalue weighted by molar-refractivity contribution is -0.123. The number of nitrogen functional groups attached to an aromatic ring is 1. The fourth-order valence-corrected chi connectivity index (χ4v) is 4.43. The van der Waals surface area contributed by atoms with Gasteiger partial charge in [0.1, 0.15) is 10.8 Å². The van der Waals surface area contributed by atoms with E-state index < -0.39 is 23.4 Å². The number of rotatable bonds is 4. The van der Waals surface area contributed by atoms with Gasteiger partial charge in [0, 0.05) is 6.20 Å². The van der Waals surface area contributed by atoms with Crippen LogP contribution in [0.2, 0.25) is 5.15 Å². The van der Waals surface area contributed by atoms with E-state index in [1.807, 2.05) is 6.92 Å². The molecule has 10 heteroatoms. The number of nitrogens with two attached hydrogens (primary N) is 1. The van der Waals surface area contributed by atoms with Gasteiger partial charge in [0.2, 0.25) is 0 Å². The zero-order valence-corrected chi connectivity index (χ0v) is 19.4. The van der Waals surface area contributed by atoms with E-state index in [4.69, 9.17) is 17.3 Å². The number of nitrogens with zero attached hydrogens (tertiary/aromatic N) is 3. The van der Waals surface area contributed by atoms with Crippen LogP contribution in [-0.4, -0.2) is 42.8 Å². The summed E-state index contributed by atoms with van der Waals surface area (Å²) in [5, 5.41) is 23.9. The molecule has 178 valence electrons. The SMILES string of the molecule is C[C@H]1C[C@@H](c2ccncc2NC(=O)c2nc(-c3nc(Cl)ccc3F)ccc2N)C[C@@H](O)[C@]1(C)O. The van der Waals surface area contributed by atoms with Crippen molar-refractivity contribution in [2.24, 2.45) is 5.92 Å². The molecule has 1 fully saturated rings. The number of halogens is 2. The third kappa shape index (κ3) is 4.59. The molecule has 4 rings (SSSR count).